The highest BCUT2D eigenvalue weighted by Gasteiger charge is 2.21. The van der Waals surface area contributed by atoms with Crippen LogP contribution in [0.5, 0.6) is 5.75 Å². The Labute approximate surface area is 159 Å². The van der Waals surface area contributed by atoms with Gasteiger partial charge in [-0.25, -0.2) is 9.18 Å². The Morgan fingerprint density at radius 3 is 2.74 bits per heavy atom. The average Bonchev–Trinajstić information content (AvgIpc) is 3.06. The molecule has 0 fully saturated rings. The van der Waals surface area contributed by atoms with E-state index in [4.69, 9.17) is 9.47 Å². The molecule has 140 valence electrons. The first-order chi connectivity index (χ1) is 13.0. The second kappa shape index (κ2) is 8.18. The van der Waals surface area contributed by atoms with Gasteiger partial charge in [-0.2, -0.15) is 0 Å². The molecule has 3 aromatic rings. The van der Waals surface area contributed by atoms with Crippen molar-refractivity contribution in [2.45, 2.75) is 20.0 Å². The van der Waals surface area contributed by atoms with Crippen molar-refractivity contribution in [3.63, 3.8) is 0 Å². The number of rotatable bonds is 6. The van der Waals surface area contributed by atoms with E-state index in [9.17, 15) is 14.0 Å². The van der Waals surface area contributed by atoms with Gasteiger partial charge in [0, 0.05) is 4.70 Å². The predicted molar refractivity (Wildman–Crippen MR) is 103 cm³/mol. The molecule has 0 spiro atoms. The number of anilines is 1. The molecular formula is C20H18FNO4S. The number of para-hydroxylation sites is 2. The van der Waals surface area contributed by atoms with Crippen LogP contribution in [0.2, 0.25) is 0 Å². The highest BCUT2D eigenvalue weighted by molar-refractivity contribution is 7.20. The molecule has 0 radical (unpaired) electrons. The zero-order valence-electron chi connectivity index (χ0n) is 14.8. The lowest BCUT2D eigenvalue weighted by atomic mass is 10.2. The van der Waals surface area contributed by atoms with Crippen molar-refractivity contribution in [2.24, 2.45) is 0 Å². The number of hydrogen-bond acceptors (Lipinski definition) is 5. The second-order valence-electron chi connectivity index (χ2n) is 5.76. The van der Waals surface area contributed by atoms with E-state index >= 15 is 0 Å². The standard InChI is InChI=1S/C20H18FNO4S/c1-3-25-16-7-5-4-6-15(16)22-19(23)12(2)26-20(24)18-11-13-10-14(21)8-9-17(13)27-18/h4-12H,3H2,1-2H3,(H,22,23)/t12-/m1/s1. The fraction of sp³-hybridized carbons (Fsp3) is 0.200. The third-order valence-corrected chi connectivity index (χ3v) is 4.87. The van der Waals surface area contributed by atoms with Gasteiger partial charge in [0.1, 0.15) is 16.4 Å². The van der Waals surface area contributed by atoms with Gasteiger partial charge < -0.3 is 14.8 Å². The maximum Gasteiger partial charge on any atom is 0.349 e. The number of carbonyl (C=O) groups is 2. The topological polar surface area (TPSA) is 64.6 Å². The molecule has 3 rings (SSSR count). The first-order valence-electron chi connectivity index (χ1n) is 8.40. The van der Waals surface area contributed by atoms with Crippen LogP contribution in [0.15, 0.2) is 48.5 Å². The summed E-state index contributed by atoms with van der Waals surface area (Å²) in [6.45, 7) is 3.80. The van der Waals surface area contributed by atoms with Crippen molar-refractivity contribution in [1.29, 1.82) is 0 Å². The van der Waals surface area contributed by atoms with E-state index in [1.807, 2.05) is 6.92 Å². The molecule has 0 saturated carbocycles. The Kier molecular flexibility index (Phi) is 5.71. The van der Waals surface area contributed by atoms with Gasteiger partial charge in [-0.3, -0.25) is 4.79 Å². The van der Waals surface area contributed by atoms with E-state index in [0.717, 1.165) is 4.70 Å². The number of esters is 1. The Bertz CT molecular complexity index is 985. The number of thiophene rings is 1. The van der Waals surface area contributed by atoms with Crippen LogP contribution in [-0.2, 0) is 9.53 Å². The van der Waals surface area contributed by atoms with Crippen LogP contribution in [-0.4, -0.2) is 24.6 Å². The number of amides is 1. The predicted octanol–water partition coefficient (Wildman–Crippen LogP) is 4.62. The van der Waals surface area contributed by atoms with E-state index in [0.29, 0.717) is 28.3 Å². The summed E-state index contributed by atoms with van der Waals surface area (Å²) in [4.78, 5) is 25.0. The minimum atomic E-state index is -1.01. The van der Waals surface area contributed by atoms with Crippen LogP contribution in [0, 0.1) is 5.82 Å². The normalized spacial score (nSPS) is 11.8. The summed E-state index contributed by atoms with van der Waals surface area (Å²) < 4.78 is 24.8. The van der Waals surface area contributed by atoms with Crippen molar-refractivity contribution < 1.29 is 23.5 Å². The van der Waals surface area contributed by atoms with Gasteiger partial charge in [-0.1, -0.05) is 12.1 Å². The SMILES string of the molecule is CCOc1ccccc1NC(=O)[C@@H](C)OC(=O)c1cc2cc(F)ccc2s1. The number of ether oxygens (including phenoxy) is 2. The number of hydrogen-bond donors (Lipinski definition) is 1. The van der Waals surface area contributed by atoms with Crippen molar-refractivity contribution in [1.82, 2.24) is 0 Å². The fourth-order valence-electron chi connectivity index (χ4n) is 2.47. The molecule has 0 unspecified atom stereocenters. The van der Waals surface area contributed by atoms with Crippen LogP contribution in [0.3, 0.4) is 0 Å². The van der Waals surface area contributed by atoms with E-state index in [1.165, 1.54) is 30.4 Å². The molecule has 0 bridgehead atoms. The number of benzene rings is 2. The van der Waals surface area contributed by atoms with Crippen LogP contribution in [0.25, 0.3) is 10.1 Å². The molecule has 0 saturated heterocycles. The van der Waals surface area contributed by atoms with Crippen molar-refractivity contribution in [3.05, 3.63) is 59.2 Å². The van der Waals surface area contributed by atoms with Gasteiger partial charge in [0.25, 0.3) is 5.91 Å². The first-order valence-corrected chi connectivity index (χ1v) is 9.22. The Balaban J connectivity index is 1.67. The third-order valence-electron chi connectivity index (χ3n) is 3.78. The monoisotopic (exact) mass is 387 g/mol. The zero-order valence-corrected chi connectivity index (χ0v) is 15.6. The Morgan fingerprint density at radius 2 is 1.96 bits per heavy atom. The van der Waals surface area contributed by atoms with Crippen molar-refractivity contribution in [2.75, 3.05) is 11.9 Å². The summed E-state index contributed by atoms with van der Waals surface area (Å²) in [5, 5.41) is 3.32. The van der Waals surface area contributed by atoms with Gasteiger partial charge in [0.15, 0.2) is 6.10 Å². The minimum absolute atomic E-state index is 0.310. The molecular weight excluding hydrogens is 369 g/mol. The Morgan fingerprint density at radius 1 is 1.19 bits per heavy atom. The third kappa shape index (κ3) is 4.43. The van der Waals surface area contributed by atoms with E-state index in [1.54, 1.807) is 36.4 Å². The smallest absolute Gasteiger partial charge is 0.349 e. The van der Waals surface area contributed by atoms with Crippen LogP contribution >= 0.6 is 11.3 Å². The lowest BCUT2D eigenvalue weighted by molar-refractivity contribution is -0.123. The van der Waals surface area contributed by atoms with E-state index < -0.39 is 18.0 Å². The molecule has 0 aliphatic heterocycles. The molecule has 1 aromatic heterocycles. The zero-order chi connectivity index (χ0) is 19.4. The largest absolute Gasteiger partial charge is 0.492 e. The summed E-state index contributed by atoms with van der Waals surface area (Å²) in [7, 11) is 0. The molecule has 1 heterocycles. The number of nitrogens with one attached hydrogen (secondary N) is 1. The quantitative estimate of drug-likeness (QED) is 0.627. The van der Waals surface area contributed by atoms with Crippen LogP contribution < -0.4 is 10.1 Å². The van der Waals surface area contributed by atoms with Crippen molar-refractivity contribution in [3.8, 4) is 5.75 Å². The van der Waals surface area contributed by atoms with Gasteiger partial charge in [-0.05, 0) is 55.6 Å². The minimum Gasteiger partial charge on any atom is -0.492 e. The molecule has 1 amide bonds. The van der Waals surface area contributed by atoms with E-state index in [2.05, 4.69) is 5.32 Å². The molecule has 7 heteroatoms. The maximum atomic E-state index is 13.3. The Hall–Kier alpha value is -2.93. The summed E-state index contributed by atoms with van der Waals surface area (Å²) in [6, 6.07) is 12.9. The molecule has 2 aromatic carbocycles. The molecule has 1 N–H and O–H groups in total. The summed E-state index contributed by atoms with van der Waals surface area (Å²) in [5.41, 5.74) is 0.504. The highest BCUT2D eigenvalue weighted by Crippen LogP contribution is 2.27. The van der Waals surface area contributed by atoms with Crippen LogP contribution in [0.1, 0.15) is 23.5 Å². The van der Waals surface area contributed by atoms with Crippen molar-refractivity contribution >= 4 is 39.0 Å². The molecule has 0 aliphatic carbocycles. The summed E-state index contributed by atoms with van der Waals surface area (Å²) in [5.74, 6) is -0.931. The maximum absolute atomic E-state index is 13.3. The van der Waals surface area contributed by atoms with E-state index in [-0.39, 0.29) is 5.82 Å². The number of carbonyl (C=O) groups excluding carboxylic acids is 2. The lowest BCUT2D eigenvalue weighted by Gasteiger charge is -2.15. The number of halogens is 1. The second-order valence-corrected chi connectivity index (χ2v) is 6.84. The highest BCUT2D eigenvalue weighted by atomic mass is 32.1. The molecule has 5 nitrogen and oxygen atoms in total. The summed E-state index contributed by atoms with van der Waals surface area (Å²) >= 11 is 1.19. The molecule has 0 aliphatic rings. The summed E-state index contributed by atoms with van der Waals surface area (Å²) in [6.07, 6.45) is -1.01. The van der Waals surface area contributed by atoms with Gasteiger partial charge in [-0.15, -0.1) is 11.3 Å². The van der Waals surface area contributed by atoms with Gasteiger partial charge in [0.2, 0.25) is 0 Å². The lowest BCUT2D eigenvalue weighted by Crippen LogP contribution is -2.30. The van der Waals surface area contributed by atoms with Gasteiger partial charge >= 0.3 is 5.97 Å². The number of fused-ring (bicyclic) bond motifs is 1. The van der Waals surface area contributed by atoms with Crippen LogP contribution in [0.4, 0.5) is 10.1 Å². The van der Waals surface area contributed by atoms with Gasteiger partial charge in [0.05, 0.1) is 12.3 Å². The molecule has 1 atom stereocenters. The first kappa shape index (κ1) is 18.8. The molecule has 27 heavy (non-hydrogen) atoms. The average molecular weight is 387 g/mol. The fourth-order valence-corrected chi connectivity index (χ4v) is 3.40.